The van der Waals surface area contributed by atoms with Crippen molar-refractivity contribution in [2.24, 2.45) is 5.92 Å². The summed E-state index contributed by atoms with van der Waals surface area (Å²) in [7, 11) is 0. The molecule has 0 radical (unpaired) electrons. The summed E-state index contributed by atoms with van der Waals surface area (Å²) in [5.41, 5.74) is 0. The lowest BCUT2D eigenvalue weighted by atomic mass is 9.96. The Morgan fingerprint density at radius 3 is 2.42 bits per heavy atom. The van der Waals surface area contributed by atoms with Gasteiger partial charge in [-0.05, 0) is 38.4 Å². The highest BCUT2D eigenvalue weighted by atomic mass is 32.2. The first-order valence-electron chi connectivity index (χ1n) is 7.99. The second kappa shape index (κ2) is 7.90. The standard InChI is InChI=1S/C16H34N2S/c1-7-16(8-2,19-6)12-18-11-15(9-13(3)4)17-10-14(18)5/h13-15,17H,7-12H2,1-6H3. The van der Waals surface area contributed by atoms with Crippen LogP contribution in [-0.2, 0) is 0 Å². The Balaban J connectivity index is 2.63. The summed E-state index contributed by atoms with van der Waals surface area (Å²) in [6.07, 6.45) is 6.13. The summed E-state index contributed by atoms with van der Waals surface area (Å²) in [5.74, 6) is 0.787. The van der Waals surface area contributed by atoms with E-state index in [0.29, 0.717) is 16.8 Å². The van der Waals surface area contributed by atoms with Gasteiger partial charge in [0.15, 0.2) is 0 Å². The topological polar surface area (TPSA) is 15.3 Å². The molecule has 0 aromatic heterocycles. The molecule has 114 valence electrons. The Morgan fingerprint density at radius 1 is 1.32 bits per heavy atom. The van der Waals surface area contributed by atoms with Gasteiger partial charge in [-0.2, -0.15) is 11.8 Å². The van der Waals surface area contributed by atoms with E-state index in [1.54, 1.807) is 0 Å². The van der Waals surface area contributed by atoms with Crippen LogP contribution in [0.1, 0.15) is 53.9 Å². The minimum atomic E-state index is 0.452. The minimum absolute atomic E-state index is 0.452. The molecule has 1 aliphatic rings. The van der Waals surface area contributed by atoms with E-state index in [-0.39, 0.29) is 0 Å². The van der Waals surface area contributed by atoms with E-state index in [9.17, 15) is 0 Å². The SMILES string of the molecule is CCC(CC)(CN1CC(CC(C)C)NCC1C)SC. The molecule has 2 nitrogen and oxygen atoms in total. The summed E-state index contributed by atoms with van der Waals surface area (Å²) in [6.45, 7) is 15.3. The molecule has 1 heterocycles. The van der Waals surface area contributed by atoms with Gasteiger partial charge in [0.05, 0.1) is 0 Å². The largest absolute Gasteiger partial charge is 0.311 e. The van der Waals surface area contributed by atoms with Crippen LogP contribution in [0.5, 0.6) is 0 Å². The molecule has 0 spiro atoms. The van der Waals surface area contributed by atoms with E-state index >= 15 is 0 Å². The van der Waals surface area contributed by atoms with Crippen LogP contribution in [0.2, 0.25) is 0 Å². The van der Waals surface area contributed by atoms with Gasteiger partial charge in [-0.15, -0.1) is 0 Å². The predicted octanol–water partition coefficient (Wildman–Crippen LogP) is 3.62. The zero-order valence-electron chi connectivity index (χ0n) is 13.8. The quantitative estimate of drug-likeness (QED) is 0.769. The summed E-state index contributed by atoms with van der Waals surface area (Å²) in [4.78, 5) is 2.73. The number of nitrogens with zero attached hydrogens (tertiary/aromatic N) is 1. The molecule has 1 N–H and O–H groups in total. The highest BCUT2D eigenvalue weighted by Gasteiger charge is 2.33. The van der Waals surface area contributed by atoms with Gasteiger partial charge >= 0.3 is 0 Å². The molecule has 2 atom stereocenters. The van der Waals surface area contributed by atoms with E-state index in [4.69, 9.17) is 0 Å². The molecule has 1 saturated heterocycles. The van der Waals surface area contributed by atoms with Crippen molar-refractivity contribution in [3.8, 4) is 0 Å². The summed E-state index contributed by atoms with van der Waals surface area (Å²) >= 11 is 2.07. The first-order chi connectivity index (χ1) is 8.96. The summed E-state index contributed by atoms with van der Waals surface area (Å²) in [5, 5.41) is 3.72. The van der Waals surface area contributed by atoms with Gasteiger partial charge in [0.25, 0.3) is 0 Å². The lowest BCUT2D eigenvalue weighted by Gasteiger charge is -2.44. The van der Waals surface area contributed by atoms with Crippen LogP contribution in [-0.4, -0.2) is 47.6 Å². The van der Waals surface area contributed by atoms with Crippen molar-refractivity contribution >= 4 is 11.8 Å². The molecule has 2 unspecified atom stereocenters. The molecular formula is C16H34N2S. The maximum Gasteiger partial charge on any atom is 0.0279 e. The molecule has 19 heavy (non-hydrogen) atoms. The van der Waals surface area contributed by atoms with Gasteiger partial charge in [-0.25, -0.2) is 0 Å². The van der Waals surface area contributed by atoms with Crippen LogP contribution in [0.25, 0.3) is 0 Å². The normalized spacial score (nSPS) is 26.1. The molecule has 0 amide bonds. The van der Waals surface area contributed by atoms with E-state index in [1.807, 2.05) is 0 Å². The van der Waals surface area contributed by atoms with Crippen molar-refractivity contribution in [2.45, 2.75) is 70.7 Å². The third-order valence-corrected chi connectivity index (χ3v) is 6.32. The fraction of sp³-hybridized carbons (Fsp3) is 1.00. The molecule has 1 aliphatic heterocycles. The number of thioether (sulfide) groups is 1. The van der Waals surface area contributed by atoms with Crippen LogP contribution in [0.3, 0.4) is 0 Å². The summed E-state index contributed by atoms with van der Waals surface area (Å²) < 4.78 is 0.452. The average molecular weight is 287 g/mol. The predicted molar refractivity (Wildman–Crippen MR) is 89.1 cm³/mol. The van der Waals surface area contributed by atoms with Crippen molar-refractivity contribution in [3.05, 3.63) is 0 Å². The van der Waals surface area contributed by atoms with Crippen molar-refractivity contribution < 1.29 is 0 Å². The van der Waals surface area contributed by atoms with Crippen molar-refractivity contribution in [1.29, 1.82) is 0 Å². The number of piperazine rings is 1. The first-order valence-corrected chi connectivity index (χ1v) is 9.21. The Bertz CT molecular complexity index is 243. The third kappa shape index (κ3) is 4.95. The maximum atomic E-state index is 3.72. The lowest BCUT2D eigenvalue weighted by Crippen LogP contribution is -2.58. The Hall–Kier alpha value is 0.270. The summed E-state index contributed by atoms with van der Waals surface area (Å²) in [6, 6.07) is 1.36. The van der Waals surface area contributed by atoms with E-state index in [0.717, 1.165) is 12.5 Å². The lowest BCUT2D eigenvalue weighted by molar-refractivity contribution is 0.117. The Morgan fingerprint density at radius 2 is 1.95 bits per heavy atom. The second-order valence-electron chi connectivity index (χ2n) is 6.61. The van der Waals surface area contributed by atoms with Gasteiger partial charge in [-0.1, -0.05) is 27.7 Å². The molecule has 0 bridgehead atoms. The van der Waals surface area contributed by atoms with Gasteiger partial charge in [0.2, 0.25) is 0 Å². The van der Waals surface area contributed by atoms with Crippen molar-refractivity contribution in [1.82, 2.24) is 10.2 Å². The van der Waals surface area contributed by atoms with Crippen LogP contribution < -0.4 is 5.32 Å². The third-order valence-electron chi connectivity index (χ3n) is 4.75. The van der Waals surface area contributed by atoms with Gasteiger partial charge < -0.3 is 5.32 Å². The monoisotopic (exact) mass is 286 g/mol. The fourth-order valence-corrected chi connectivity index (χ4v) is 4.01. The smallest absolute Gasteiger partial charge is 0.0279 e. The second-order valence-corrected chi connectivity index (χ2v) is 7.88. The molecule has 0 aromatic carbocycles. The number of rotatable bonds is 7. The van der Waals surface area contributed by atoms with Crippen LogP contribution in [0.4, 0.5) is 0 Å². The van der Waals surface area contributed by atoms with Crippen LogP contribution in [0, 0.1) is 5.92 Å². The van der Waals surface area contributed by atoms with Gasteiger partial charge in [0.1, 0.15) is 0 Å². The average Bonchev–Trinajstić information content (AvgIpc) is 2.39. The Kier molecular flexibility index (Phi) is 7.20. The Labute approximate surface area is 125 Å². The van der Waals surface area contributed by atoms with Crippen molar-refractivity contribution in [3.63, 3.8) is 0 Å². The van der Waals surface area contributed by atoms with Gasteiger partial charge in [0, 0.05) is 36.5 Å². The first kappa shape index (κ1) is 17.3. The molecule has 3 heteroatoms. The molecule has 0 aromatic rings. The van der Waals surface area contributed by atoms with E-state index in [2.05, 4.69) is 62.9 Å². The molecule has 0 saturated carbocycles. The number of nitrogens with one attached hydrogen (secondary N) is 1. The zero-order chi connectivity index (χ0) is 14.5. The molecule has 0 aliphatic carbocycles. The van der Waals surface area contributed by atoms with Crippen LogP contribution in [0.15, 0.2) is 0 Å². The minimum Gasteiger partial charge on any atom is -0.311 e. The van der Waals surface area contributed by atoms with Crippen LogP contribution >= 0.6 is 11.8 Å². The molecule has 1 rings (SSSR count). The highest BCUT2D eigenvalue weighted by Crippen LogP contribution is 2.32. The maximum absolute atomic E-state index is 3.72. The van der Waals surface area contributed by atoms with E-state index < -0.39 is 0 Å². The van der Waals surface area contributed by atoms with Gasteiger partial charge in [-0.3, -0.25) is 4.90 Å². The molecular weight excluding hydrogens is 252 g/mol. The highest BCUT2D eigenvalue weighted by molar-refractivity contribution is 8.00. The molecule has 1 fully saturated rings. The number of hydrogen-bond donors (Lipinski definition) is 1. The zero-order valence-corrected chi connectivity index (χ0v) is 14.6. The number of hydrogen-bond acceptors (Lipinski definition) is 3. The van der Waals surface area contributed by atoms with Crippen molar-refractivity contribution in [2.75, 3.05) is 25.9 Å². The fourth-order valence-electron chi connectivity index (χ4n) is 3.14. The van der Waals surface area contributed by atoms with E-state index in [1.165, 1.54) is 32.4 Å².